The zero-order valence-electron chi connectivity index (χ0n) is 9.36. The summed E-state index contributed by atoms with van der Waals surface area (Å²) < 4.78 is 0. The average molecular weight is 208 g/mol. The Labute approximate surface area is 92.0 Å². The van der Waals surface area contributed by atoms with Crippen LogP contribution in [-0.4, -0.2) is 11.1 Å². The minimum Gasteiger partial charge on any atom is -0.481 e. The van der Waals surface area contributed by atoms with Crippen molar-refractivity contribution in [2.75, 3.05) is 0 Å². The van der Waals surface area contributed by atoms with Gasteiger partial charge in [-0.25, -0.2) is 0 Å². The van der Waals surface area contributed by atoms with Crippen LogP contribution in [0.15, 0.2) is 37.0 Å². The van der Waals surface area contributed by atoms with Crippen molar-refractivity contribution < 1.29 is 9.90 Å². The zero-order valence-corrected chi connectivity index (χ0v) is 9.36. The molecule has 0 aliphatic heterocycles. The summed E-state index contributed by atoms with van der Waals surface area (Å²) in [6.45, 7) is 5.32. The van der Waals surface area contributed by atoms with Crippen LogP contribution in [0.3, 0.4) is 0 Å². The number of hydrogen-bond donors (Lipinski definition) is 1. The highest BCUT2D eigenvalue weighted by atomic mass is 16.4. The predicted molar refractivity (Wildman–Crippen MR) is 63.7 cm³/mol. The van der Waals surface area contributed by atoms with E-state index < -0.39 is 5.97 Å². The lowest BCUT2D eigenvalue weighted by molar-refractivity contribution is -0.141. The van der Waals surface area contributed by atoms with Crippen molar-refractivity contribution in [1.82, 2.24) is 0 Å². The maximum absolute atomic E-state index is 10.5. The maximum atomic E-state index is 10.5. The molecule has 0 fully saturated rings. The monoisotopic (exact) mass is 208 g/mol. The molecule has 0 heterocycles. The summed E-state index contributed by atoms with van der Waals surface area (Å²) in [7, 11) is 0. The molecule has 0 saturated heterocycles. The third-order valence-corrected chi connectivity index (χ3v) is 2.17. The van der Waals surface area contributed by atoms with Crippen molar-refractivity contribution in [1.29, 1.82) is 0 Å². The van der Waals surface area contributed by atoms with E-state index in [1.807, 2.05) is 18.2 Å². The van der Waals surface area contributed by atoms with Gasteiger partial charge in [0.05, 0.1) is 5.92 Å². The molecule has 0 aromatic carbocycles. The Morgan fingerprint density at radius 3 is 2.67 bits per heavy atom. The Balaban J connectivity index is 3.39. The van der Waals surface area contributed by atoms with Gasteiger partial charge in [0.2, 0.25) is 0 Å². The Bertz CT molecular complexity index is 239. The molecule has 0 rings (SSSR count). The first kappa shape index (κ1) is 13.7. The fraction of sp³-hybridized carbons (Fsp3) is 0.462. The highest BCUT2D eigenvalue weighted by Gasteiger charge is 2.08. The predicted octanol–water partition coefficient (Wildman–Crippen LogP) is 3.57. The highest BCUT2D eigenvalue weighted by molar-refractivity contribution is 5.69. The largest absolute Gasteiger partial charge is 0.481 e. The van der Waals surface area contributed by atoms with E-state index >= 15 is 0 Å². The molecule has 0 radical (unpaired) electrons. The molecule has 1 unspecified atom stereocenters. The second kappa shape index (κ2) is 9.25. The number of rotatable bonds is 8. The molecule has 0 saturated carbocycles. The van der Waals surface area contributed by atoms with Gasteiger partial charge in [0.1, 0.15) is 0 Å². The fourth-order valence-corrected chi connectivity index (χ4v) is 1.15. The van der Waals surface area contributed by atoms with Crippen LogP contribution < -0.4 is 0 Å². The molecule has 2 heteroatoms. The molecule has 1 N–H and O–H groups in total. The van der Waals surface area contributed by atoms with Gasteiger partial charge in [0.15, 0.2) is 0 Å². The van der Waals surface area contributed by atoms with E-state index in [9.17, 15) is 4.79 Å². The number of carboxylic acids is 1. The molecule has 0 amide bonds. The molecule has 15 heavy (non-hydrogen) atoms. The van der Waals surface area contributed by atoms with Crippen molar-refractivity contribution in [3.05, 3.63) is 37.0 Å². The normalized spacial score (nSPS) is 13.4. The zero-order chi connectivity index (χ0) is 11.5. The number of allylic oxidation sites excluding steroid dienone is 5. The molecular weight excluding hydrogens is 188 g/mol. The Morgan fingerprint density at radius 1 is 1.33 bits per heavy atom. The minimum atomic E-state index is -0.695. The smallest absolute Gasteiger partial charge is 0.306 e. The van der Waals surface area contributed by atoms with Crippen LogP contribution in [0.4, 0.5) is 0 Å². The molecular formula is C13H20O2. The number of unbranched alkanes of at least 4 members (excludes halogenated alkanes) is 2. The Hall–Kier alpha value is -1.31. The summed E-state index contributed by atoms with van der Waals surface area (Å²) in [5, 5.41) is 8.65. The summed E-state index contributed by atoms with van der Waals surface area (Å²) in [5.41, 5.74) is 0. The van der Waals surface area contributed by atoms with E-state index in [1.54, 1.807) is 13.0 Å². The Morgan fingerprint density at radius 2 is 2.07 bits per heavy atom. The van der Waals surface area contributed by atoms with Gasteiger partial charge in [0, 0.05) is 0 Å². The van der Waals surface area contributed by atoms with E-state index in [1.165, 1.54) is 0 Å². The third-order valence-electron chi connectivity index (χ3n) is 2.17. The van der Waals surface area contributed by atoms with E-state index in [4.69, 9.17) is 5.11 Å². The molecule has 0 aliphatic carbocycles. The lowest BCUT2D eigenvalue weighted by Gasteiger charge is -2.03. The summed E-state index contributed by atoms with van der Waals surface area (Å²) in [6, 6.07) is 0. The standard InChI is InChI=1S/C13H20O2/c1-3-4-5-6-7-8-9-10-11-12(2)13(14)15/h3-7,12H,1,8-11H2,2H3,(H,14,15)/b5-4-,7-6-. The van der Waals surface area contributed by atoms with E-state index in [-0.39, 0.29) is 5.92 Å². The SMILES string of the molecule is C=C/C=C\C=C/CCCCC(C)C(=O)O. The van der Waals surface area contributed by atoms with Crippen molar-refractivity contribution in [3.8, 4) is 0 Å². The first-order chi connectivity index (χ1) is 7.18. The van der Waals surface area contributed by atoms with Gasteiger partial charge < -0.3 is 5.11 Å². The van der Waals surface area contributed by atoms with Crippen LogP contribution in [0, 0.1) is 5.92 Å². The molecule has 84 valence electrons. The molecule has 2 nitrogen and oxygen atoms in total. The first-order valence-electron chi connectivity index (χ1n) is 5.35. The van der Waals surface area contributed by atoms with Crippen LogP contribution in [0.25, 0.3) is 0 Å². The van der Waals surface area contributed by atoms with E-state index in [0.29, 0.717) is 0 Å². The second-order valence-electron chi connectivity index (χ2n) is 3.57. The number of hydrogen-bond acceptors (Lipinski definition) is 1. The lowest BCUT2D eigenvalue weighted by Crippen LogP contribution is -2.08. The quantitative estimate of drug-likeness (QED) is 0.489. The van der Waals surface area contributed by atoms with E-state index in [0.717, 1.165) is 25.7 Å². The topological polar surface area (TPSA) is 37.3 Å². The highest BCUT2D eigenvalue weighted by Crippen LogP contribution is 2.09. The lowest BCUT2D eigenvalue weighted by atomic mass is 10.0. The van der Waals surface area contributed by atoms with Gasteiger partial charge in [-0.05, 0) is 19.3 Å². The third kappa shape index (κ3) is 9.01. The summed E-state index contributed by atoms with van der Waals surface area (Å²) >= 11 is 0. The van der Waals surface area contributed by atoms with Crippen molar-refractivity contribution >= 4 is 5.97 Å². The molecule has 0 spiro atoms. The van der Waals surface area contributed by atoms with Crippen LogP contribution in [0.1, 0.15) is 32.6 Å². The van der Waals surface area contributed by atoms with Gasteiger partial charge in [-0.2, -0.15) is 0 Å². The summed E-state index contributed by atoms with van der Waals surface area (Å²) in [6.07, 6.45) is 13.4. The molecule has 0 aromatic rings. The number of carboxylic acid groups (broad SMARTS) is 1. The van der Waals surface area contributed by atoms with Crippen LogP contribution in [0.2, 0.25) is 0 Å². The van der Waals surface area contributed by atoms with Gasteiger partial charge in [-0.15, -0.1) is 0 Å². The van der Waals surface area contributed by atoms with Crippen molar-refractivity contribution in [2.45, 2.75) is 32.6 Å². The van der Waals surface area contributed by atoms with Gasteiger partial charge in [0.25, 0.3) is 0 Å². The summed E-state index contributed by atoms with van der Waals surface area (Å²) in [4.78, 5) is 10.5. The van der Waals surface area contributed by atoms with Crippen LogP contribution in [-0.2, 0) is 4.79 Å². The second-order valence-corrected chi connectivity index (χ2v) is 3.57. The Kier molecular flexibility index (Phi) is 8.44. The minimum absolute atomic E-state index is 0.213. The summed E-state index contributed by atoms with van der Waals surface area (Å²) in [5.74, 6) is -0.908. The van der Waals surface area contributed by atoms with Gasteiger partial charge in [-0.3, -0.25) is 4.79 Å². The number of carbonyl (C=O) groups is 1. The van der Waals surface area contributed by atoms with Gasteiger partial charge >= 0.3 is 5.97 Å². The van der Waals surface area contributed by atoms with Crippen LogP contribution >= 0.6 is 0 Å². The first-order valence-corrected chi connectivity index (χ1v) is 5.35. The molecule has 0 aliphatic rings. The van der Waals surface area contributed by atoms with Crippen molar-refractivity contribution in [3.63, 3.8) is 0 Å². The van der Waals surface area contributed by atoms with Gasteiger partial charge in [-0.1, -0.05) is 50.3 Å². The molecule has 0 aromatic heterocycles. The fourth-order valence-electron chi connectivity index (χ4n) is 1.15. The average Bonchev–Trinajstić information content (AvgIpc) is 2.21. The molecule has 0 bridgehead atoms. The van der Waals surface area contributed by atoms with Crippen molar-refractivity contribution in [2.24, 2.45) is 5.92 Å². The number of aliphatic carboxylic acids is 1. The maximum Gasteiger partial charge on any atom is 0.306 e. The van der Waals surface area contributed by atoms with E-state index in [2.05, 4.69) is 12.7 Å². The molecule has 1 atom stereocenters. The van der Waals surface area contributed by atoms with Crippen LogP contribution in [0.5, 0.6) is 0 Å².